The molecule has 1 N–H and O–H groups in total. The minimum Gasteiger partial charge on any atom is -0.459 e. The fourth-order valence-electron chi connectivity index (χ4n) is 2.54. The van der Waals surface area contributed by atoms with Crippen LogP contribution in [0.5, 0.6) is 0 Å². The summed E-state index contributed by atoms with van der Waals surface area (Å²) in [5.41, 5.74) is 0.869. The molecule has 3 aromatic rings. The van der Waals surface area contributed by atoms with Crippen LogP contribution in [0.15, 0.2) is 63.9 Å². The highest BCUT2D eigenvalue weighted by molar-refractivity contribution is 7.90. The molecule has 1 heterocycles. The Morgan fingerprint density at radius 1 is 1.08 bits per heavy atom. The van der Waals surface area contributed by atoms with E-state index in [2.05, 4.69) is 5.32 Å². The first-order chi connectivity index (χ1) is 11.4. The summed E-state index contributed by atoms with van der Waals surface area (Å²) < 4.78 is 29.4. The lowest BCUT2D eigenvalue weighted by atomic mass is 10.1. The third-order valence-electron chi connectivity index (χ3n) is 3.75. The number of nitrogens with one attached hydrogen (secondary N) is 1. The predicted octanol–water partition coefficient (Wildman–Crippen LogP) is 3.33. The van der Waals surface area contributed by atoms with Crippen LogP contribution in [0.3, 0.4) is 0 Å². The second-order valence-electron chi connectivity index (χ2n) is 5.65. The zero-order valence-electron chi connectivity index (χ0n) is 13.3. The molecule has 0 bridgehead atoms. The summed E-state index contributed by atoms with van der Waals surface area (Å²) in [5.74, 6) is 0.158. The molecule has 124 valence electrons. The number of para-hydroxylation sites is 1. The van der Waals surface area contributed by atoms with E-state index in [9.17, 15) is 13.2 Å². The van der Waals surface area contributed by atoms with Gasteiger partial charge >= 0.3 is 0 Å². The van der Waals surface area contributed by atoms with Gasteiger partial charge in [-0.3, -0.25) is 4.79 Å². The molecule has 2 aromatic carbocycles. The minimum atomic E-state index is -3.48. The smallest absolute Gasteiger partial charge is 0.253 e. The summed E-state index contributed by atoms with van der Waals surface area (Å²) in [4.78, 5) is 12.5. The maximum Gasteiger partial charge on any atom is 0.253 e. The van der Waals surface area contributed by atoms with Crippen LogP contribution in [-0.2, 0) is 9.84 Å². The van der Waals surface area contributed by atoms with Gasteiger partial charge in [0, 0.05) is 11.6 Å². The van der Waals surface area contributed by atoms with Crippen molar-refractivity contribution >= 4 is 26.7 Å². The molecule has 0 fully saturated rings. The molecule has 5 nitrogen and oxygen atoms in total. The molecular formula is C18H17NO4S. The molecule has 3 rings (SSSR count). The quantitative estimate of drug-likeness (QED) is 0.788. The second kappa shape index (κ2) is 6.13. The van der Waals surface area contributed by atoms with E-state index in [4.69, 9.17) is 4.42 Å². The lowest BCUT2D eigenvalue weighted by Gasteiger charge is -2.13. The Bertz CT molecular complexity index is 972. The highest BCUT2D eigenvalue weighted by Crippen LogP contribution is 2.24. The maximum atomic E-state index is 12.5. The van der Waals surface area contributed by atoms with Crippen molar-refractivity contribution in [3.8, 4) is 0 Å². The van der Waals surface area contributed by atoms with E-state index < -0.39 is 21.8 Å². The molecule has 0 aliphatic rings. The highest BCUT2D eigenvalue weighted by atomic mass is 32.2. The number of furan rings is 1. The normalized spacial score (nSPS) is 12.9. The summed E-state index contributed by atoms with van der Waals surface area (Å²) in [6.45, 7) is 1.79. The number of fused-ring (bicyclic) bond motifs is 1. The van der Waals surface area contributed by atoms with E-state index >= 15 is 0 Å². The van der Waals surface area contributed by atoms with Crippen molar-refractivity contribution in [1.29, 1.82) is 0 Å². The molecule has 1 atom stereocenters. The second-order valence-corrected chi connectivity index (χ2v) is 7.63. The van der Waals surface area contributed by atoms with Crippen molar-refractivity contribution < 1.29 is 17.6 Å². The molecule has 0 aliphatic heterocycles. The van der Waals surface area contributed by atoms with Crippen molar-refractivity contribution in [3.63, 3.8) is 0 Å². The molecule has 0 radical (unpaired) electrons. The number of carbonyl (C=O) groups is 1. The van der Waals surface area contributed by atoms with Crippen molar-refractivity contribution in [2.75, 3.05) is 6.26 Å². The lowest BCUT2D eigenvalue weighted by molar-refractivity contribution is 0.0932. The first kappa shape index (κ1) is 16.3. The number of sulfone groups is 1. The SMILES string of the molecule is C[C@@H](NC(=O)c1ccccc1S(C)(=O)=O)c1cc2ccccc2o1. The van der Waals surface area contributed by atoms with E-state index in [0.29, 0.717) is 5.76 Å². The van der Waals surface area contributed by atoms with Crippen LogP contribution < -0.4 is 5.32 Å². The number of hydrogen-bond donors (Lipinski definition) is 1. The van der Waals surface area contributed by atoms with Crippen LogP contribution in [0.2, 0.25) is 0 Å². The molecule has 0 saturated carbocycles. The summed E-state index contributed by atoms with van der Waals surface area (Å²) in [6, 6.07) is 15.2. The zero-order chi connectivity index (χ0) is 17.3. The molecule has 24 heavy (non-hydrogen) atoms. The molecule has 0 spiro atoms. The van der Waals surface area contributed by atoms with Gasteiger partial charge in [-0.15, -0.1) is 0 Å². The third kappa shape index (κ3) is 3.19. The van der Waals surface area contributed by atoms with Crippen molar-refractivity contribution in [3.05, 3.63) is 65.9 Å². The molecule has 0 unspecified atom stereocenters. The largest absolute Gasteiger partial charge is 0.459 e. The van der Waals surface area contributed by atoms with Crippen molar-refractivity contribution in [2.24, 2.45) is 0 Å². The summed E-state index contributed by atoms with van der Waals surface area (Å²) in [7, 11) is -3.48. The van der Waals surface area contributed by atoms with Crippen molar-refractivity contribution in [2.45, 2.75) is 17.9 Å². The zero-order valence-corrected chi connectivity index (χ0v) is 14.1. The van der Waals surface area contributed by atoms with E-state index in [1.165, 1.54) is 12.1 Å². The fraction of sp³-hybridized carbons (Fsp3) is 0.167. The number of benzene rings is 2. The van der Waals surface area contributed by atoms with Crippen LogP contribution >= 0.6 is 0 Å². The molecule has 0 aliphatic carbocycles. The Morgan fingerprint density at radius 3 is 2.46 bits per heavy atom. The van der Waals surface area contributed by atoms with Gasteiger partial charge in [0.1, 0.15) is 11.3 Å². The Kier molecular flexibility index (Phi) is 4.15. The minimum absolute atomic E-state index is 0.0132. The van der Waals surface area contributed by atoms with Crippen molar-refractivity contribution in [1.82, 2.24) is 5.32 Å². The molecule has 1 amide bonds. The van der Waals surface area contributed by atoms with Crippen LogP contribution in [0, 0.1) is 0 Å². The summed E-state index contributed by atoms with van der Waals surface area (Å²) in [5, 5.41) is 3.74. The summed E-state index contributed by atoms with van der Waals surface area (Å²) >= 11 is 0. The standard InChI is InChI=1S/C18H17NO4S/c1-12(16-11-13-7-3-5-9-15(13)23-16)19-18(20)14-8-4-6-10-17(14)24(2,21)22/h3-12H,1-2H3,(H,19,20)/t12-/m1/s1. The highest BCUT2D eigenvalue weighted by Gasteiger charge is 2.21. The van der Waals surface area contributed by atoms with Crippen LogP contribution in [0.4, 0.5) is 0 Å². The average molecular weight is 343 g/mol. The van der Waals surface area contributed by atoms with Gasteiger partial charge in [-0.2, -0.15) is 0 Å². The first-order valence-electron chi connectivity index (χ1n) is 7.44. The Hall–Kier alpha value is -2.60. The van der Waals surface area contributed by atoms with Gasteiger partial charge < -0.3 is 9.73 Å². The Balaban J connectivity index is 1.87. The van der Waals surface area contributed by atoms with E-state index in [0.717, 1.165) is 17.2 Å². The summed E-state index contributed by atoms with van der Waals surface area (Å²) in [6.07, 6.45) is 1.09. The number of carbonyl (C=O) groups excluding carboxylic acids is 1. The first-order valence-corrected chi connectivity index (χ1v) is 9.34. The van der Waals surface area contributed by atoms with Crippen LogP contribution in [-0.4, -0.2) is 20.6 Å². The Morgan fingerprint density at radius 2 is 1.75 bits per heavy atom. The third-order valence-corrected chi connectivity index (χ3v) is 4.91. The molecule has 1 aromatic heterocycles. The average Bonchev–Trinajstić information content (AvgIpc) is 2.98. The fourth-order valence-corrected chi connectivity index (χ4v) is 3.42. The van der Waals surface area contributed by atoms with Gasteiger partial charge in [-0.25, -0.2) is 8.42 Å². The molecule has 6 heteroatoms. The maximum absolute atomic E-state index is 12.5. The van der Waals surface area contributed by atoms with E-state index in [-0.39, 0.29) is 10.5 Å². The number of rotatable bonds is 4. The van der Waals surface area contributed by atoms with Crippen LogP contribution in [0.1, 0.15) is 29.1 Å². The lowest BCUT2D eigenvalue weighted by Crippen LogP contribution is -2.27. The van der Waals surface area contributed by atoms with E-state index in [1.54, 1.807) is 19.1 Å². The van der Waals surface area contributed by atoms with Gasteiger partial charge in [-0.1, -0.05) is 30.3 Å². The van der Waals surface area contributed by atoms with Gasteiger partial charge in [0.25, 0.3) is 5.91 Å². The van der Waals surface area contributed by atoms with Crippen LogP contribution in [0.25, 0.3) is 11.0 Å². The predicted molar refractivity (Wildman–Crippen MR) is 91.6 cm³/mol. The molecule has 0 saturated heterocycles. The van der Waals surface area contributed by atoms with Gasteiger partial charge in [0.15, 0.2) is 9.84 Å². The molecular weight excluding hydrogens is 326 g/mol. The van der Waals surface area contributed by atoms with Gasteiger partial charge in [0.2, 0.25) is 0 Å². The van der Waals surface area contributed by atoms with Gasteiger partial charge in [0.05, 0.1) is 16.5 Å². The van der Waals surface area contributed by atoms with E-state index in [1.807, 2.05) is 30.3 Å². The number of hydrogen-bond acceptors (Lipinski definition) is 4. The monoisotopic (exact) mass is 343 g/mol. The van der Waals surface area contributed by atoms with Gasteiger partial charge in [-0.05, 0) is 31.2 Å². The number of amides is 1. The topological polar surface area (TPSA) is 76.4 Å². The Labute approximate surface area is 140 Å².